The monoisotopic (exact) mass is 1560 g/mol. The van der Waals surface area contributed by atoms with Gasteiger partial charge in [-0.1, -0.05) is 22.4 Å². The number of methoxy groups -OCH3 is 3. The van der Waals surface area contributed by atoms with E-state index >= 15 is 0 Å². The first-order valence-corrected chi connectivity index (χ1v) is 37.8. The Morgan fingerprint density at radius 3 is 1.57 bits per heavy atom. The predicted molar refractivity (Wildman–Crippen MR) is 395 cm³/mol. The number of hydrogen-bond donors (Lipinski definition) is 2. The van der Waals surface area contributed by atoms with Gasteiger partial charge in [0, 0.05) is 94.5 Å². The third-order valence-electron chi connectivity index (χ3n) is 20.6. The van der Waals surface area contributed by atoms with Gasteiger partial charge in [0.25, 0.3) is 0 Å². The van der Waals surface area contributed by atoms with Crippen LogP contribution in [0.5, 0.6) is 17.2 Å². The number of halogens is 3. The fourth-order valence-corrected chi connectivity index (χ4v) is 14.8. The highest BCUT2D eigenvalue weighted by Gasteiger charge is 2.52. The van der Waals surface area contributed by atoms with E-state index in [1.165, 1.54) is 53.4 Å². The predicted octanol–water partition coefficient (Wildman–Crippen LogP) is 15.6. The number of rotatable bonds is 8. The van der Waals surface area contributed by atoms with Gasteiger partial charge in [-0.15, -0.1) is 0 Å². The van der Waals surface area contributed by atoms with Gasteiger partial charge in [0.1, 0.15) is 22.8 Å². The van der Waals surface area contributed by atoms with Crippen molar-refractivity contribution in [1.29, 1.82) is 0 Å². The highest BCUT2D eigenvalue weighted by Crippen LogP contribution is 2.47. The van der Waals surface area contributed by atoms with Crippen molar-refractivity contribution in [3.8, 4) is 28.4 Å². The van der Waals surface area contributed by atoms with E-state index in [1.807, 2.05) is 104 Å². The summed E-state index contributed by atoms with van der Waals surface area (Å²) in [5.41, 5.74) is 7.38. The molecular weight excluding hydrogens is 1460 g/mol. The molecule has 5 aromatic rings. The average molecular weight is 1560 g/mol. The van der Waals surface area contributed by atoms with Gasteiger partial charge in [-0.3, -0.25) is 24.1 Å². The molecule has 6 aliphatic heterocycles. The number of amides is 4. The molecule has 0 radical (unpaired) electrons. The molecule has 3 aliphatic carbocycles. The maximum Gasteiger partial charge on any atom is 0.498 e. The molecular formula is C73H101BBr3N9O13. The molecule has 2 unspecified atom stereocenters. The number of nitrogens with one attached hydrogen (secondary N) is 1. The third kappa shape index (κ3) is 17.5. The van der Waals surface area contributed by atoms with Gasteiger partial charge in [-0.25, -0.2) is 19.2 Å². The van der Waals surface area contributed by atoms with Crippen molar-refractivity contribution < 1.29 is 62.0 Å². The molecule has 3 saturated heterocycles. The molecule has 5 atom stereocenters. The van der Waals surface area contributed by atoms with Gasteiger partial charge in [0.15, 0.2) is 0 Å². The first-order valence-electron chi connectivity index (χ1n) is 35.3. The Kier molecular flexibility index (Phi) is 24.8. The van der Waals surface area contributed by atoms with Gasteiger partial charge in [-0.2, -0.15) is 10.2 Å². The second kappa shape index (κ2) is 32.5. The lowest BCUT2D eigenvalue weighted by Gasteiger charge is -2.37. The topological polar surface area (TPSA) is 223 Å². The number of fused-ring (bicyclic) bond motifs is 3. The van der Waals surface area contributed by atoms with Crippen molar-refractivity contribution >= 4 is 102 Å². The molecule has 9 aliphatic rings. The van der Waals surface area contributed by atoms with Crippen molar-refractivity contribution in [3.63, 3.8) is 0 Å². The molecule has 0 bridgehead atoms. The van der Waals surface area contributed by atoms with Crippen LogP contribution in [0.4, 0.5) is 36.2 Å². The standard InChI is InChI=1S/C23H30N4O3.C18H30BN3O4.C16H20BrNO3.C12H14BrNO3.C4H7Br/c1-15-6-7-20-21(27(15)23(28)29-2)9-8-19(22(20)30-18-4-3-5-18)16-12-25-26(14-16)17-10-11-24-13-17;1-16(2,3)24-15(23)21-9-8-14(12-21)22-11-13(10-20-22)19-25-17(4,5)18(6,7)26-19;1-10-6-7-12-14(18(10)16(19)20-2)9-8-13(17)15(12)21-11-4-3-5-11;1-7-3-4-8-10(14(7)12(16)17-2)6-5-9(13)11(8)15;5-4-2-1-3-4/h8-9,12,14-15,17-18,24H,3-7,10-11,13H2,1-2H3;10-11,14H,8-9,12H2,1-7H3;8-11H,3-7H2,1-2H3;5-7,15H,3-4H2,1-2H3;4H,1-3H2/t15-,17?;;10-;7-;/m0.00./s1. The number of nitrogens with zero attached hydrogens (tertiary/aromatic N) is 8. The summed E-state index contributed by atoms with van der Waals surface area (Å²) in [5, 5.41) is 22.5. The molecule has 3 saturated carbocycles. The zero-order valence-corrected chi connectivity index (χ0v) is 64.6. The minimum atomic E-state index is -0.481. The highest BCUT2D eigenvalue weighted by molar-refractivity contribution is 9.11. The molecule has 6 fully saturated rings. The van der Waals surface area contributed by atoms with Gasteiger partial charge < -0.3 is 53.1 Å². The van der Waals surface area contributed by atoms with Gasteiger partial charge >= 0.3 is 31.5 Å². The molecule has 8 heterocycles. The number of phenolic OH excluding ortho intramolecular Hbond substituents is 1. The number of alkyl halides is 1. The Bertz CT molecular complexity index is 3620. The van der Waals surface area contributed by atoms with Crippen LogP contribution in [0.1, 0.15) is 188 Å². The van der Waals surface area contributed by atoms with Crippen molar-refractivity contribution in [2.75, 3.05) is 62.2 Å². The lowest BCUT2D eigenvalue weighted by atomic mass is 9.82. The first-order chi connectivity index (χ1) is 47.1. The number of benzene rings is 3. The van der Waals surface area contributed by atoms with Crippen molar-refractivity contribution in [2.45, 2.75) is 242 Å². The van der Waals surface area contributed by atoms with Gasteiger partial charge in [0.2, 0.25) is 0 Å². The van der Waals surface area contributed by atoms with E-state index in [2.05, 4.69) is 87.2 Å². The van der Waals surface area contributed by atoms with E-state index in [0.29, 0.717) is 29.7 Å². The summed E-state index contributed by atoms with van der Waals surface area (Å²) in [6.45, 7) is 23.1. The Hall–Kier alpha value is -6.06. The molecule has 2 N–H and O–H groups in total. The normalized spacial score (nSPS) is 22.8. The Balaban J connectivity index is 0.000000142. The molecule has 2 aromatic heterocycles. The molecule has 26 heteroatoms. The lowest BCUT2D eigenvalue weighted by Crippen LogP contribution is -2.42. The van der Waals surface area contributed by atoms with E-state index in [9.17, 15) is 24.3 Å². The van der Waals surface area contributed by atoms with E-state index in [1.54, 1.807) is 31.9 Å². The molecule has 0 spiro atoms. The van der Waals surface area contributed by atoms with Crippen LogP contribution < -0.4 is 35.0 Å². The fraction of sp³-hybridized carbons (Fsp3) is 0.616. The SMILES string of the molecule is BrC1CCC1.CC(C)(C)OC(=O)N1CCC(n2cc(B3OC(C)(C)C(C)(C)O3)cn2)C1.COC(=O)N1c2ccc(-c3cnn(C4CCNC4)c3)c(OC3CCC3)c2CC[C@@H]1C.COC(=O)N1c2ccc(Br)c(O)c2CC[C@@H]1C.COC(=O)N1c2ccc(Br)c(OC3CCC3)c2CC[C@@H]1C. The van der Waals surface area contributed by atoms with E-state index in [0.717, 1.165) is 161 Å². The number of aromatic hydroxyl groups is 1. The third-order valence-corrected chi connectivity index (χ3v) is 22.8. The Morgan fingerprint density at radius 2 is 1.08 bits per heavy atom. The maximum atomic E-state index is 12.5. The van der Waals surface area contributed by atoms with Crippen LogP contribution in [-0.4, -0.2) is 161 Å². The van der Waals surface area contributed by atoms with Crippen LogP contribution in [0.15, 0.2) is 70.1 Å². The van der Waals surface area contributed by atoms with Crippen LogP contribution >= 0.6 is 47.8 Å². The fourth-order valence-electron chi connectivity index (χ4n) is 13.3. The van der Waals surface area contributed by atoms with Crippen LogP contribution in [0, 0.1) is 0 Å². The van der Waals surface area contributed by atoms with Crippen molar-refractivity contribution in [3.05, 3.63) is 86.8 Å². The minimum absolute atomic E-state index is 0.0792. The van der Waals surface area contributed by atoms with Crippen molar-refractivity contribution in [2.24, 2.45) is 0 Å². The quantitative estimate of drug-likeness (QED) is 0.0837. The number of ether oxygens (including phenoxy) is 6. The summed E-state index contributed by atoms with van der Waals surface area (Å²) in [5.74, 6) is 2.03. The largest absolute Gasteiger partial charge is 0.506 e. The lowest BCUT2D eigenvalue weighted by molar-refractivity contribution is 0.00578. The summed E-state index contributed by atoms with van der Waals surface area (Å²) in [4.78, 5) is 56.3. The van der Waals surface area contributed by atoms with Crippen LogP contribution in [0.3, 0.4) is 0 Å². The Morgan fingerprint density at radius 1 is 0.606 bits per heavy atom. The van der Waals surface area contributed by atoms with Gasteiger partial charge in [0.05, 0.1) is 89.0 Å². The second-order valence-electron chi connectivity index (χ2n) is 29.3. The number of carbonyl (C=O) groups excluding carboxylic acids is 4. The number of carbonyl (C=O) groups is 4. The van der Waals surface area contributed by atoms with E-state index in [-0.39, 0.29) is 71.6 Å². The van der Waals surface area contributed by atoms with Crippen molar-refractivity contribution in [1.82, 2.24) is 29.8 Å². The van der Waals surface area contributed by atoms with Crippen LogP contribution in [0.25, 0.3) is 11.1 Å². The maximum absolute atomic E-state index is 12.5. The molecule has 14 rings (SSSR count). The van der Waals surface area contributed by atoms with E-state index < -0.39 is 12.7 Å². The summed E-state index contributed by atoms with van der Waals surface area (Å²) < 4.78 is 50.7. The molecule has 99 heavy (non-hydrogen) atoms. The number of likely N-dealkylation sites (tertiary alicyclic amines) is 1. The zero-order chi connectivity index (χ0) is 71.3. The second-order valence-corrected chi connectivity index (χ2v) is 32.3. The Labute approximate surface area is 609 Å². The number of hydrogen-bond acceptors (Lipinski definition) is 16. The molecule has 22 nitrogen and oxygen atoms in total. The summed E-state index contributed by atoms with van der Waals surface area (Å²) in [7, 11) is 3.81. The average Bonchev–Trinajstić information content (AvgIpc) is 1.49. The molecule has 540 valence electrons. The number of phenols is 1. The van der Waals surface area contributed by atoms with Crippen LogP contribution in [-0.2, 0) is 47.5 Å². The first kappa shape index (κ1) is 75.6. The smallest absolute Gasteiger partial charge is 0.498 e. The number of anilines is 3. The summed E-state index contributed by atoms with van der Waals surface area (Å²) in [6, 6.07) is 12.5. The molecule has 4 amide bonds. The summed E-state index contributed by atoms with van der Waals surface area (Å²) in [6.07, 6.45) is 25.4. The zero-order valence-electron chi connectivity index (χ0n) is 59.9. The highest BCUT2D eigenvalue weighted by atomic mass is 79.9. The van der Waals surface area contributed by atoms with Crippen LogP contribution in [0.2, 0.25) is 0 Å². The minimum Gasteiger partial charge on any atom is -0.506 e. The molecule has 3 aromatic carbocycles. The van der Waals surface area contributed by atoms with E-state index in [4.69, 9.17) is 37.7 Å². The summed E-state index contributed by atoms with van der Waals surface area (Å²) >= 11 is 10.3. The number of aromatic nitrogens is 4. The van der Waals surface area contributed by atoms with Gasteiger partial charge in [-0.05, 0) is 247 Å².